The van der Waals surface area contributed by atoms with Crippen LogP contribution in [0.25, 0.3) is 0 Å². The van der Waals surface area contributed by atoms with Crippen molar-refractivity contribution >= 4 is 23.5 Å². The zero-order valence-corrected chi connectivity index (χ0v) is 10.2. The van der Waals surface area contributed by atoms with Gasteiger partial charge in [0.15, 0.2) is 5.78 Å². The molecule has 1 amide bonds. The Bertz CT molecular complexity index is 433. The molecule has 0 atom stereocenters. The quantitative estimate of drug-likeness (QED) is 0.511. The molecule has 0 bridgehead atoms. The number of benzene rings is 1. The number of nitrogens with one attached hydrogen (secondary N) is 1. The second-order valence-corrected chi connectivity index (χ2v) is 3.66. The summed E-state index contributed by atoms with van der Waals surface area (Å²) in [6, 6.07) is 4.86. The van der Waals surface area contributed by atoms with Crippen LogP contribution < -0.4 is 5.32 Å². The van der Waals surface area contributed by atoms with Crippen molar-refractivity contribution in [3.8, 4) is 0 Å². The summed E-state index contributed by atoms with van der Waals surface area (Å²) >= 11 is 5.93. The van der Waals surface area contributed by atoms with Gasteiger partial charge >= 0.3 is 6.09 Å². The van der Waals surface area contributed by atoms with E-state index in [4.69, 9.17) is 11.6 Å². The molecule has 6 heteroatoms. The minimum Gasteiger partial charge on any atom is -0.315 e. The Labute approximate surface area is 104 Å². The molecule has 0 aliphatic rings. The van der Waals surface area contributed by atoms with E-state index in [0.717, 1.165) is 0 Å². The van der Waals surface area contributed by atoms with Crippen molar-refractivity contribution in [2.24, 2.45) is 0 Å². The molecule has 0 unspecified atom stereocenters. The topological polar surface area (TPSA) is 64.6 Å². The van der Waals surface area contributed by atoms with Gasteiger partial charge in [-0.15, -0.1) is 0 Å². The highest BCUT2D eigenvalue weighted by molar-refractivity contribution is 6.31. The first kappa shape index (κ1) is 13.5. The molecule has 1 rings (SSSR count). The van der Waals surface area contributed by atoms with Crippen molar-refractivity contribution in [1.82, 2.24) is 5.32 Å². The lowest BCUT2D eigenvalue weighted by atomic mass is 10.1. The minimum absolute atomic E-state index is 0.0672. The van der Waals surface area contributed by atoms with E-state index in [-0.39, 0.29) is 12.3 Å². The summed E-state index contributed by atoms with van der Waals surface area (Å²) in [5.74, 6) is -0.0672. The molecule has 0 fully saturated rings. The fraction of sp³-hybridized carbons (Fsp3) is 0.273. The van der Waals surface area contributed by atoms with Gasteiger partial charge in [-0.25, -0.2) is 4.79 Å². The number of ketones is 1. The molecule has 1 N–H and O–H groups in total. The number of carbonyl (C=O) groups excluding carboxylic acids is 2. The first-order chi connectivity index (χ1) is 8.04. The maximum absolute atomic E-state index is 11.2. The molecule has 1 aromatic carbocycles. The molecule has 0 saturated heterocycles. The van der Waals surface area contributed by atoms with Gasteiger partial charge in [-0.1, -0.05) is 11.6 Å². The summed E-state index contributed by atoms with van der Waals surface area (Å²) < 4.78 is 0. The maximum atomic E-state index is 11.2. The van der Waals surface area contributed by atoms with Crippen LogP contribution in [-0.4, -0.2) is 19.0 Å². The van der Waals surface area contributed by atoms with Crippen LogP contribution in [0.4, 0.5) is 4.79 Å². The van der Waals surface area contributed by atoms with E-state index in [1.165, 1.54) is 14.0 Å². The molecule has 0 saturated carbocycles. The summed E-state index contributed by atoms with van der Waals surface area (Å²) in [6.07, 6.45) is -0.725. The zero-order chi connectivity index (χ0) is 12.8. The largest absolute Gasteiger partial charge is 0.438 e. The fourth-order valence-corrected chi connectivity index (χ4v) is 1.39. The van der Waals surface area contributed by atoms with Crippen LogP contribution in [0.15, 0.2) is 18.2 Å². The molecule has 0 spiro atoms. The highest BCUT2D eigenvalue weighted by atomic mass is 35.5. The van der Waals surface area contributed by atoms with Crippen molar-refractivity contribution < 1.29 is 19.4 Å². The number of rotatable bonds is 4. The average molecular weight is 258 g/mol. The highest BCUT2D eigenvalue weighted by Gasteiger charge is 2.07. The molecule has 5 nitrogen and oxygen atoms in total. The molecule has 0 aliphatic carbocycles. The molecule has 0 heterocycles. The van der Waals surface area contributed by atoms with Crippen LogP contribution >= 0.6 is 11.6 Å². The Balaban J connectivity index is 2.73. The first-order valence-electron chi connectivity index (χ1n) is 4.82. The summed E-state index contributed by atoms with van der Waals surface area (Å²) in [4.78, 5) is 30.6. The lowest BCUT2D eigenvalue weighted by Crippen LogP contribution is -2.23. The van der Waals surface area contributed by atoms with Crippen LogP contribution in [0, 0.1) is 0 Å². The molecule has 0 aromatic heterocycles. The fourth-order valence-electron chi connectivity index (χ4n) is 1.20. The van der Waals surface area contributed by atoms with Crippen molar-refractivity contribution in [2.75, 3.05) is 7.11 Å². The van der Waals surface area contributed by atoms with Gasteiger partial charge in [0.2, 0.25) is 0 Å². The summed E-state index contributed by atoms with van der Waals surface area (Å²) in [5.41, 5.74) is 1.17. The van der Waals surface area contributed by atoms with E-state index >= 15 is 0 Å². The summed E-state index contributed by atoms with van der Waals surface area (Å²) in [7, 11) is 1.23. The van der Waals surface area contributed by atoms with Crippen molar-refractivity contribution in [3.05, 3.63) is 34.3 Å². The summed E-state index contributed by atoms with van der Waals surface area (Å²) in [5, 5.41) is 2.89. The Morgan fingerprint density at radius 3 is 2.71 bits per heavy atom. The normalized spacial score (nSPS) is 9.82. The summed E-state index contributed by atoms with van der Waals surface area (Å²) in [6.45, 7) is 1.61. The maximum Gasteiger partial charge on any atom is 0.438 e. The third kappa shape index (κ3) is 4.05. The van der Waals surface area contributed by atoms with E-state index in [0.29, 0.717) is 16.1 Å². The Hall–Kier alpha value is -1.59. The third-order valence-electron chi connectivity index (χ3n) is 2.03. The van der Waals surface area contributed by atoms with E-state index < -0.39 is 6.09 Å². The predicted octanol–water partition coefficient (Wildman–Crippen LogP) is 2.33. The first-order valence-corrected chi connectivity index (χ1v) is 5.20. The van der Waals surface area contributed by atoms with Gasteiger partial charge in [0.1, 0.15) is 0 Å². The van der Waals surface area contributed by atoms with Gasteiger partial charge in [-0.2, -0.15) is 4.89 Å². The number of hydrogen-bond donors (Lipinski definition) is 1. The Morgan fingerprint density at radius 2 is 2.12 bits per heavy atom. The van der Waals surface area contributed by atoms with Crippen molar-refractivity contribution in [3.63, 3.8) is 0 Å². The Kier molecular flexibility index (Phi) is 4.93. The number of halogens is 1. The van der Waals surface area contributed by atoms with Gasteiger partial charge in [0, 0.05) is 17.1 Å². The zero-order valence-electron chi connectivity index (χ0n) is 9.45. The lowest BCUT2D eigenvalue weighted by molar-refractivity contribution is -0.213. The van der Waals surface area contributed by atoms with Crippen LogP contribution in [0.1, 0.15) is 22.8 Å². The van der Waals surface area contributed by atoms with Crippen LogP contribution in [0.3, 0.4) is 0 Å². The van der Waals surface area contributed by atoms with E-state index in [1.54, 1.807) is 18.2 Å². The molecular formula is C11H12ClNO4. The van der Waals surface area contributed by atoms with E-state index in [9.17, 15) is 9.59 Å². The van der Waals surface area contributed by atoms with Gasteiger partial charge in [0.05, 0.1) is 7.11 Å². The van der Waals surface area contributed by atoms with E-state index in [1.807, 2.05) is 0 Å². The molecule has 17 heavy (non-hydrogen) atoms. The second kappa shape index (κ2) is 6.22. The van der Waals surface area contributed by atoms with Crippen LogP contribution in [0.5, 0.6) is 0 Å². The Morgan fingerprint density at radius 1 is 1.41 bits per heavy atom. The van der Waals surface area contributed by atoms with Crippen LogP contribution in [0.2, 0.25) is 5.02 Å². The van der Waals surface area contributed by atoms with Crippen molar-refractivity contribution in [1.29, 1.82) is 0 Å². The monoisotopic (exact) mass is 257 g/mol. The standard InChI is InChI=1S/C11H12ClNO4/c1-7(14)8-3-4-10(12)9(5-8)6-13-11(15)17-16-2/h3-5H,6H2,1-2H3,(H,13,15). The number of carbonyl (C=O) groups is 2. The minimum atomic E-state index is -0.725. The number of hydrogen-bond acceptors (Lipinski definition) is 4. The SMILES string of the molecule is COOC(=O)NCc1cc(C(C)=O)ccc1Cl. The predicted molar refractivity (Wildman–Crippen MR) is 61.8 cm³/mol. The van der Waals surface area contributed by atoms with Gasteiger partial charge < -0.3 is 5.32 Å². The highest BCUT2D eigenvalue weighted by Crippen LogP contribution is 2.17. The molecule has 1 aromatic rings. The lowest BCUT2D eigenvalue weighted by Gasteiger charge is -2.07. The molecule has 92 valence electrons. The molecule has 0 aliphatic heterocycles. The van der Waals surface area contributed by atoms with Gasteiger partial charge in [-0.05, 0) is 30.7 Å². The van der Waals surface area contributed by atoms with Crippen LogP contribution in [-0.2, 0) is 16.3 Å². The van der Waals surface area contributed by atoms with Gasteiger partial charge in [0.25, 0.3) is 0 Å². The molecular weight excluding hydrogens is 246 g/mol. The van der Waals surface area contributed by atoms with Crippen molar-refractivity contribution in [2.45, 2.75) is 13.5 Å². The number of amides is 1. The van der Waals surface area contributed by atoms with Gasteiger partial charge in [-0.3, -0.25) is 9.68 Å². The third-order valence-corrected chi connectivity index (χ3v) is 2.40. The smallest absolute Gasteiger partial charge is 0.315 e. The second-order valence-electron chi connectivity index (χ2n) is 3.25. The molecule has 0 radical (unpaired) electrons. The number of Topliss-reactive ketones (excluding diaryl/α,β-unsaturated/α-hetero) is 1. The average Bonchev–Trinajstić information content (AvgIpc) is 2.28. The van der Waals surface area contributed by atoms with E-state index in [2.05, 4.69) is 15.1 Å².